The number of aryl methyl sites for hydroxylation is 2. The quantitative estimate of drug-likeness (QED) is 0.843. The van der Waals surface area contributed by atoms with Crippen molar-refractivity contribution in [1.29, 1.82) is 0 Å². The van der Waals surface area contributed by atoms with E-state index in [1.807, 2.05) is 21.9 Å². The van der Waals surface area contributed by atoms with E-state index in [0.29, 0.717) is 19.7 Å². The van der Waals surface area contributed by atoms with E-state index in [1.165, 1.54) is 23.3 Å². The van der Waals surface area contributed by atoms with Gasteiger partial charge in [-0.2, -0.15) is 0 Å². The van der Waals surface area contributed by atoms with Crippen LogP contribution in [0, 0.1) is 0 Å². The van der Waals surface area contributed by atoms with Crippen LogP contribution >= 0.6 is 11.3 Å². The predicted molar refractivity (Wildman–Crippen MR) is 86.6 cm³/mol. The highest BCUT2D eigenvalue weighted by molar-refractivity contribution is 7.10. The minimum absolute atomic E-state index is 0.139. The van der Waals surface area contributed by atoms with E-state index in [9.17, 15) is 4.79 Å². The Kier molecular flexibility index (Phi) is 3.90. The number of hydrogen-bond donors (Lipinski definition) is 0. The van der Waals surface area contributed by atoms with E-state index in [4.69, 9.17) is 4.74 Å². The zero-order valence-corrected chi connectivity index (χ0v) is 14.0. The highest BCUT2D eigenvalue weighted by atomic mass is 32.1. The lowest BCUT2D eigenvalue weighted by molar-refractivity contribution is -0.0281. The number of amides is 1. The number of aromatic nitrogens is 3. The van der Waals surface area contributed by atoms with E-state index in [0.717, 1.165) is 24.2 Å². The average molecular weight is 332 g/mol. The molecule has 1 atom stereocenters. The molecule has 2 aromatic rings. The van der Waals surface area contributed by atoms with E-state index in [1.54, 1.807) is 17.7 Å². The Bertz CT molecular complexity index is 723. The molecule has 122 valence electrons. The van der Waals surface area contributed by atoms with Gasteiger partial charge in [-0.15, -0.1) is 21.5 Å². The summed E-state index contributed by atoms with van der Waals surface area (Å²) in [5.74, 6) is 0.912. The van der Waals surface area contributed by atoms with Gasteiger partial charge in [0.15, 0.2) is 5.82 Å². The molecular formula is C16H20N4O2S. The third-order valence-corrected chi connectivity index (χ3v) is 5.77. The molecule has 4 rings (SSSR count). The highest BCUT2D eigenvalue weighted by Crippen LogP contribution is 2.31. The highest BCUT2D eigenvalue weighted by Gasteiger charge is 2.31. The van der Waals surface area contributed by atoms with Crippen molar-refractivity contribution in [2.24, 2.45) is 7.05 Å². The first-order chi connectivity index (χ1) is 11.2. The van der Waals surface area contributed by atoms with Crippen LogP contribution in [0.2, 0.25) is 0 Å². The summed E-state index contributed by atoms with van der Waals surface area (Å²) in [4.78, 5) is 16.3. The maximum atomic E-state index is 13.0. The summed E-state index contributed by atoms with van der Waals surface area (Å²) in [5.41, 5.74) is 2.19. The minimum atomic E-state index is -0.199. The van der Waals surface area contributed by atoms with Gasteiger partial charge in [0.1, 0.15) is 12.4 Å². The molecular weight excluding hydrogens is 312 g/mol. The van der Waals surface area contributed by atoms with Gasteiger partial charge in [-0.25, -0.2) is 0 Å². The lowest BCUT2D eigenvalue weighted by atomic mass is 9.95. The fourth-order valence-electron chi connectivity index (χ4n) is 3.42. The van der Waals surface area contributed by atoms with Crippen molar-refractivity contribution in [3.05, 3.63) is 33.5 Å². The number of hydrogen-bond acceptors (Lipinski definition) is 5. The van der Waals surface area contributed by atoms with Crippen LogP contribution in [0.1, 0.15) is 45.6 Å². The summed E-state index contributed by atoms with van der Waals surface area (Å²) >= 11 is 1.74. The van der Waals surface area contributed by atoms with E-state index < -0.39 is 0 Å². The van der Waals surface area contributed by atoms with Crippen molar-refractivity contribution in [2.75, 3.05) is 19.7 Å². The molecule has 0 unspecified atom stereocenters. The Balaban J connectivity index is 1.54. The van der Waals surface area contributed by atoms with Crippen molar-refractivity contribution in [2.45, 2.75) is 31.8 Å². The number of thiophene rings is 1. The van der Waals surface area contributed by atoms with Crippen LogP contribution in [-0.4, -0.2) is 45.3 Å². The molecule has 3 heterocycles. The standard InChI is InChI=1S/C16H20N4O2S/c1-19-10-17-18-15(19)13-8-20(6-7-22-13)16(21)12-9-23-14-5-3-2-4-11(12)14/h9-10,13H,2-8H2,1H3/t13-/m0/s1. The molecule has 0 N–H and O–H groups in total. The largest absolute Gasteiger partial charge is 0.366 e. The van der Waals surface area contributed by atoms with Crippen molar-refractivity contribution >= 4 is 17.2 Å². The van der Waals surface area contributed by atoms with Crippen LogP contribution in [0.25, 0.3) is 0 Å². The fourth-order valence-corrected chi connectivity index (χ4v) is 4.54. The molecule has 23 heavy (non-hydrogen) atoms. The lowest BCUT2D eigenvalue weighted by Gasteiger charge is -2.32. The number of carbonyl (C=O) groups excluding carboxylic acids is 1. The van der Waals surface area contributed by atoms with Gasteiger partial charge in [0.25, 0.3) is 5.91 Å². The molecule has 1 aliphatic heterocycles. The van der Waals surface area contributed by atoms with E-state index >= 15 is 0 Å². The monoisotopic (exact) mass is 332 g/mol. The summed E-state index contributed by atoms with van der Waals surface area (Å²) in [5, 5.41) is 10.1. The Morgan fingerprint density at radius 2 is 2.26 bits per heavy atom. The zero-order valence-electron chi connectivity index (χ0n) is 13.2. The van der Waals surface area contributed by atoms with Gasteiger partial charge in [0, 0.05) is 23.8 Å². The van der Waals surface area contributed by atoms with Crippen LogP contribution in [-0.2, 0) is 24.6 Å². The second-order valence-corrected chi connectivity index (χ2v) is 7.13. The summed E-state index contributed by atoms with van der Waals surface area (Å²) in [6.07, 6.45) is 6.06. The molecule has 6 nitrogen and oxygen atoms in total. The molecule has 0 radical (unpaired) electrons. The Morgan fingerprint density at radius 1 is 1.39 bits per heavy atom. The number of rotatable bonds is 2. The van der Waals surface area contributed by atoms with Crippen LogP contribution < -0.4 is 0 Å². The Hall–Kier alpha value is -1.73. The maximum absolute atomic E-state index is 13.0. The molecule has 0 aromatic carbocycles. The number of fused-ring (bicyclic) bond motifs is 1. The van der Waals surface area contributed by atoms with Crippen LogP contribution in [0.5, 0.6) is 0 Å². The Labute approximate surface area is 139 Å². The van der Waals surface area contributed by atoms with Gasteiger partial charge in [-0.1, -0.05) is 0 Å². The molecule has 1 fully saturated rings. The third kappa shape index (κ3) is 2.68. The molecule has 0 spiro atoms. The number of carbonyl (C=O) groups is 1. The Morgan fingerprint density at radius 3 is 3.09 bits per heavy atom. The first-order valence-electron chi connectivity index (χ1n) is 8.08. The van der Waals surface area contributed by atoms with Gasteiger partial charge in [-0.3, -0.25) is 4.79 Å². The normalized spacial score (nSPS) is 21.3. The predicted octanol–water partition coefficient (Wildman–Crippen LogP) is 1.97. The molecule has 2 aliphatic rings. The van der Waals surface area contributed by atoms with E-state index in [2.05, 4.69) is 10.2 Å². The van der Waals surface area contributed by atoms with Crippen LogP contribution in [0.3, 0.4) is 0 Å². The van der Waals surface area contributed by atoms with Crippen molar-refractivity contribution in [3.8, 4) is 0 Å². The SMILES string of the molecule is Cn1cnnc1[C@@H]1CN(C(=O)c2csc3c2CCCC3)CCO1. The minimum Gasteiger partial charge on any atom is -0.366 e. The number of ether oxygens (including phenoxy) is 1. The molecule has 1 saturated heterocycles. The van der Waals surface area contributed by atoms with Crippen molar-refractivity contribution in [1.82, 2.24) is 19.7 Å². The van der Waals surface area contributed by atoms with Crippen LogP contribution in [0.4, 0.5) is 0 Å². The number of nitrogens with zero attached hydrogens (tertiary/aromatic N) is 4. The van der Waals surface area contributed by atoms with Gasteiger partial charge in [-0.05, 0) is 31.2 Å². The summed E-state index contributed by atoms with van der Waals surface area (Å²) in [7, 11) is 1.90. The summed E-state index contributed by atoms with van der Waals surface area (Å²) in [6.45, 7) is 1.71. The molecule has 0 bridgehead atoms. The van der Waals surface area contributed by atoms with Gasteiger partial charge in [0.2, 0.25) is 0 Å². The fraction of sp³-hybridized carbons (Fsp3) is 0.562. The van der Waals surface area contributed by atoms with Crippen LogP contribution in [0.15, 0.2) is 11.7 Å². The first kappa shape index (κ1) is 14.8. The molecule has 2 aromatic heterocycles. The first-order valence-corrected chi connectivity index (χ1v) is 8.96. The average Bonchev–Trinajstić information content (AvgIpc) is 3.20. The molecule has 7 heteroatoms. The maximum Gasteiger partial charge on any atom is 0.255 e. The second kappa shape index (κ2) is 6.05. The van der Waals surface area contributed by atoms with Gasteiger partial charge >= 0.3 is 0 Å². The molecule has 1 aliphatic carbocycles. The number of morpholine rings is 1. The third-order valence-electron chi connectivity index (χ3n) is 4.68. The lowest BCUT2D eigenvalue weighted by Crippen LogP contribution is -2.43. The topological polar surface area (TPSA) is 60.2 Å². The summed E-state index contributed by atoms with van der Waals surface area (Å²) in [6, 6.07) is 0. The van der Waals surface area contributed by atoms with E-state index in [-0.39, 0.29) is 12.0 Å². The zero-order chi connectivity index (χ0) is 15.8. The van der Waals surface area contributed by atoms with Crippen molar-refractivity contribution < 1.29 is 9.53 Å². The van der Waals surface area contributed by atoms with Crippen molar-refractivity contribution in [3.63, 3.8) is 0 Å². The second-order valence-electron chi connectivity index (χ2n) is 6.17. The smallest absolute Gasteiger partial charge is 0.255 e. The van der Waals surface area contributed by atoms with Gasteiger partial charge < -0.3 is 14.2 Å². The van der Waals surface area contributed by atoms with Gasteiger partial charge in [0.05, 0.1) is 18.7 Å². The molecule has 1 amide bonds. The summed E-state index contributed by atoms with van der Waals surface area (Å²) < 4.78 is 7.65. The molecule has 0 saturated carbocycles.